The van der Waals surface area contributed by atoms with E-state index in [1.54, 1.807) is 12.1 Å². The highest BCUT2D eigenvalue weighted by Gasteiger charge is 2.27. The maximum Gasteiger partial charge on any atom is 0.278 e. The van der Waals surface area contributed by atoms with E-state index in [-0.39, 0.29) is 24.5 Å². The third-order valence-corrected chi connectivity index (χ3v) is 6.18. The quantitative estimate of drug-likeness (QED) is 0.698. The van der Waals surface area contributed by atoms with Gasteiger partial charge in [0.05, 0.1) is 16.3 Å². The molecule has 146 valence electrons. The standard InChI is InChI=1S/C17H19Cl2N3O4S/c1-27(23,24)22-8-4-13(5-9-22)26-17-16(20-6-7-21-17)25-11-12-2-3-14(18)15(19)10-12/h2-3,6-7,10,13H,4-5,8-9,11H2,1H3. The van der Waals surface area contributed by atoms with Gasteiger partial charge in [-0.05, 0) is 30.5 Å². The monoisotopic (exact) mass is 431 g/mol. The Labute approximate surface area is 168 Å². The lowest BCUT2D eigenvalue weighted by atomic mass is 10.1. The van der Waals surface area contributed by atoms with Crippen molar-refractivity contribution in [3.05, 3.63) is 46.2 Å². The molecule has 10 heteroatoms. The van der Waals surface area contributed by atoms with Crippen molar-refractivity contribution in [1.29, 1.82) is 0 Å². The summed E-state index contributed by atoms with van der Waals surface area (Å²) < 4.78 is 36.3. The first-order valence-corrected chi connectivity index (χ1v) is 10.9. The van der Waals surface area contributed by atoms with Crippen molar-refractivity contribution >= 4 is 33.2 Å². The van der Waals surface area contributed by atoms with Gasteiger partial charge in [0.1, 0.15) is 12.7 Å². The molecule has 1 aromatic heterocycles. The Bertz CT molecular complexity index is 903. The first-order valence-electron chi connectivity index (χ1n) is 8.32. The highest BCUT2D eigenvalue weighted by molar-refractivity contribution is 7.88. The molecule has 1 fully saturated rings. The molecule has 27 heavy (non-hydrogen) atoms. The molecule has 0 spiro atoms. The van der Waals surface area contributed by atoms with Crippen molar-refractivity contribution in [2.24, 2.45) is 0 Å². The Hall–Kier alpha value is -1.61. The Morgan fingerprint density at radius 1 is 1.11 bits per heavy atom. The summed E-state index contributed by atoms with van der Waals surface area (Å²) in [6, 6.07) is 5.24. The number of benzene rings is 1. The number of rotatable bonds is 6. The molecule has 1 aliphatic rings. The number of hydrogen-bond acceptors (Lipinski definition) is 6. The second-order valence-electron chi connectivity index (χ2n) is 6.18. The van der Waals surface area contributed by atoms with Gasteiger partial charge in [0.15, 0.2) is 0 Å². The predicted molar refractivity (Wildman–Crippen MR) is 103 cm³/mol. The number of aromatic nitrogens is 2. The molecule has 0 bridgehead atoms. The number of ether oxygens (including phenoxy) is 2. The molecule has 7 nitrogen and oxygen atoms in total. The molecule has 3 rings (SSSR count). The molecule has 1 saturated heterocycles. The van der Waals surface area contributed by atoms with Gasteiger partial charge in [0.2, 0.25) is 10.0 Å². The fraction of sp³-hybridized carbons (Fsp3) is 0.412. The van der Waals surface area contributed by atoms with E-state index in [2.05, 4.69) is 9.97 Å². The molecular formula is C17H19Cl2N3O4S. The minimum atomic E-state index is -3.17. The first-order chi connectivity index (χ1) is 12.8. The molecule has 0 saturated carbocycles. The molecule has 0 aliphatic carbocycles. The molecule has 1 aliphatic heterocycles. The normalized spacial score (nSPS) is 16.3. The Morgan fingerprint density at radius 3 is 2.41 bits per heavy atom. The lowest BCUT2D eigenvalue weighted by molar-refractivity contribution is 0.121. The van der Waals surface area contributed by atoms with Gasteiger partial charge in [-0.3, -0.25) is 0 Å². The fourth-order valence-electron chi connectivity index (χ4n) is 2.71. The molecule has 0 atom stereocenters. The highest BCUT2D eigenvalue weighted by Crippen LogP contribution is 2.27. The van der Waals surface area contributed by atoms with Gasteiger partial charge in [-0.2, -0.15) is 0 Å². The summed E-state index contributed by atoms with van der Waals surface area (Å²) in [7, 11) is -3.17. The van der Waals surface area contributed by atoms with Crippen molar-refractivity contribution in [3.8, 4) is 11.8 Å². The van der Waals surface area contributed by atoms with Crippen LogP contribution in [0.1, 0.15) is 18.4 Å². The van der Waals surface area contributed by atoms with Crippen molar-refractivity contribution in [3.63, 3.8) is 0 Å². The van der Waals surface area contributed by atoms with E-state index in [9.17, 15) is 8.42 Å². The lowest BCUT2D eigenvalue weighted by Gasteiger charge is -2.30. The average Bonchev–Trinajstić information content (AvgIpc) is 2.63. The Morgan fingerprint density at radius 2 is 1.78 bits per heavy atom. The van der Waals surface area contributed by atoms with Gasteiger partial charge in [0.25, 0.3) is 11.8 Å². The van der Waals surface area contributed by atoms with E-state index in [4.69, 9.17) is 32.7 Å². The van der Waals surface area contributed by atoms with Crippen LogP contribution in [0, 0.1) is 0 Å². The van der Waals surface area contributed by atoms with Crippen LogP contribution in [0.4, 0.5) is 0 Å². The number of nitrogens with zero attached hydrogens (tertiary/aromatic N) is 3. The van der Waals surface area contributed by atoms with Gasteiger partial charge >= 0.3 is 0 Å². The summed E-state index contributed by atoms with van der Waals surface area (Å²) in [6.45, 7) is 1.07. The van der Waals surface area contributed by atoms with Crippen LogP contribution in [0.25, 0.3) is 0 Å². The van der Waals surface area contributed by atoms with Crippen molar-refractivity contribution in [2.45, 2.75) is 25.6 Å². The third-order valence-electron chi connectivity index (χ3n) is 4.14. The van der Waals surface area contributed by atoms with E-state index < -0.39 is 10.0 Å². The zero-order valence-corrected chi connectivity index (χ0v) is 17.0. The van der Waals surface area contributed by atoms with Gasteiger partial charge < -0.3 is 9.47 Å². The summed E-state index contributed by atoms with van der Waals surface area (Å²) >= 11 is 11.9. The average molecular weight is 432 g/mol. The van der Waals surface area contributed by atoms with E-state index in [1.807, 2.05) is 6.07 Å². The van der Waals surface area contributed by atoms with Crippen molar-refractivity contribution < 1.29 is 17.9 Å². The summed E-state index contributed by atoms with van der Waals surface area (Å²) in [5, 5.41) is 0.926. The van der Waals surface area contributed by atoms with E-state index in [0.717, 1.165) is 5.56 Å². The van der Waals surface area contributed by atoms with Crippen LogP contribution in [0.2, 0.25) is 10.0 Å². The van der Waals surface area contributed by atoms with Crippen LogP contribution in [-0.4, -0.2) is 48.1 Å². The summed E-state index contributed by atoms with van der Waals surface area (Å²) in [6.07, 6.45) is 5.26. The van der Waals surface area contributed by atoms with E-state index in [0.29, 0.717) is 36.0 Å². The summed E-state index contributed by atoms with van der Waals surface area (Å²) in [5.41, 5.74) is 0.836. The molecule has 0 N–H and O–H groups in total. The van der Waals surface area contributed by atoms with Crippen LogP contribution < -0.4 is 9.47 Å². The van der Waals surface area contributed by atoms with Gasteiger partial charge in [-0.15, -0.1) is 0 Å². The van der Waals surface area contributed by atoms with Crippen LogP contribution in [0.3, 0.4) is 0 Å². The fourth-order valence-corrected chi connectivity index (χ4v) is 3.91. The maximum atomic E-state index is 11.6. The van der Waals surface area contributed by atoms with Gasteiger partial charge in [-0.25, -0.2) is 22.7 Å². The second kappa shape index (κ2) is 8.60. The minimum Gasteiger partial charge on any atom is -0.470 e. The first kappa shape index (κ1) is 20.1. The largest absolute Gasteiger partial charge is 0.470 e. The smallest absolute Gasteiger partial charge is 0.278 e. The second-order valence-corrected chi connectivity index (χ2v) is 8.98. The molecule has 1 aromatic carbocycles. The van der Waals surface area contributed by atoms with Crippen LogP contribution in [0.15, 0.2) is 30.6 Å². The van der Waals surface area contributed by atoms with Crippen LogP contribution in [0.5, 0.6) is 11.8 Å². The van der Waals surface area contributed by atoms with Crippen LogP contribution >= 0.6 is 23.2 Å². The zero-order chi connectivity index (χ0) is 19.4. The molecular weight excluding hydrogens is 413 g/mol. The topological polar surface area (TPSA) is 81.6 Å². The van der Waals surface area contributed by atoms with Gasteiger partial charge in [0, 0.05) is 25.5 Å². The third kappa shape index (κ3) is 5.44. The highest BCUT2D eigenvalue weighted by atomic mass is 35.5. The Balaban J connectivity index is 1.62. The lowest BCUT2D eigenvalue weighted by Crippen LogP contribution is -2.41. The van der Waals surface area contributed by atoms with Crippen LogP contribution in [-0.2, 0) is 16.6 Å². The zero-order valence-electron chi connectivity index (χ0n) is 14.6. The van der Waals surface area contributed by atoms with Crippen molar-refractivity contribution in [2.75, 3.05) is 19.3 Å². The van der Waals surface area contributed by atoms with E-state index >= 15 is 0 Å². The minimum absolute atomic E-state index is 0.146. The van der Waals surface area contributed by atoms with Gasteiger partial charge in [-0.1, -0.05) is 29.3 Å². The maximum absolute atomic E-state index is 11.6. The number of hydrogen-bond donors (Lipinski definition) is 0. The number of piperidine rings is 1. The molecule has 0 unspecified atom stereocenters. The number of halogens is 2. The molecule has 0 amide bonds. The molecule has 2 aromatic rings. The van der Waals surface area contributed by atoms with Crippen molar-refractivity contribution in [1.82, 2.24) is 14.3 Å². The predicted octanol–water partition coefficient (Wildman–Crippen LogP) is 3.17. The SMILES string of the molecule is CS(=O)(=O)N1CCC(Oc2nccnc2OCc2ccc(Cl)c(Cl)c2)CC1. The summed E-state index contributed by atoms with van der Waals surface area (Å²) in [5.74, 6) is 0.560. The molecule has 2 heterocycles. The Kier molecular flexibility index (Phi) is 6.41. The number of sulfonamides is 1. The molecule has 0 radical (unpaired) electrons. The summed E-state index contributed by atoms with van der Waals surface area (Å²) in [4.78, 5) is 8.37. The van der Waals surface area contributed by atoms with E-state index in [1.165, 1.54) is 23.0 Å².